The van der Waals surface area contributed by atoms with E-state index in [1.54, 1.807) is 0 Å². The monoisotopic (exact) mass is 132 g/mol. The van der Waals surface area contributed by atoms with Gasteiger partial charge in [0, 0.05) is 18.2 Å². The van der Waals surface area contributed by atoms with E-state index in [1.807, 2.05) is 0 Å². The number of hydrogen-bond donors (Lipinski definition) is 0. The molecule has 0 aromatic rings. The predicted octanol–water partition coefficient (Wildman–Crippen LogP) is 1.74. The molecular weight excluding hydrogens is 124 g/mol. The van der Waals surface area contributed by atoms with Gasteiger partial charge in [-0.3, -0.25) is 4.79 Å². The zero-order valence-electron chi connectivity index (χ0n) is 4.69. The van der Waals surface area contributed by atoms with Gasteiger partial charge < -0.3 is 0 Å². The first kappa shape index (κ1) is 6.09. The predicted molar refractivity (Wildman–Crippen MR) is 33.1 cm³/mol. The highest BCUT2D eigenvalue weighted by Crippen LogP contribution is 2.18. The molecule has 0 saturated heterocycles. The SMILES string of the molecule is O=C1CCCC(Cl)C1. The Hall–Kier alpha value is -0.0400. The molecule has 1 nitrogen and oxygen atoms in total. The molecule has 1 aliphatic carbocycles. The molecule has 46 valence electrons. The van der Waals surface area contributed by atoms with Crippen molar-refractivity contribution in [3.8, 4) is 0 Å². The molecule has 8 heavy (non-hydrogen) atoms. The largest absolute Gasteiger partial charge is 0.300 e. The standard InChI is InChI=1S/C6H9ClO/c7-5-2-1-3-6(8)4-5/h5H,1-4H2. The van der Waals surface area contributed by atoms with Crippen molar-refractivity contribution in [2.24, 2.45) is 0 Å². The summed E-state index contributed by atoms with van der Waals surface area (Å²) in [6.45, 7) is 0. The molecule has 0 radical (unpaired) electrons. The van der Waals surface area contributed by atoms with Gasteiger partial charge in [-0.2, -0.15) is 0 Å². The lowest BCUT2D eigenvalue weighted by atomic mass is 9.99. The Balaban J connectivity index is 2.34. The number of alkyl halides is 1. The van der Waals surface area contributed by atoms with Gasteiger partial charge in [0.2, 0.25) is 0 Å². The van der Waals surface area contributed by atoms with Gasteiger partial charge in [-0.1, -0.05) is 0 Å². The Kier molecular flexibility index (Phi) is 1.90. The van der Waals surface area contributed by atoms with Crippen LogP contribution in [0.5, 0.6) is 0 Å². The number of hydrogen-bond acceptors (Lipinski definition) is 1. The van der Waals surface area contributed by atoms with Gasteiger partial charge in [0.15, 0.2) is 0 Å². The summed E-state index contributed by atoms with van der Waals surface area (Å²) < 4.78 is 0. The summed E-state index contributed by atoms with van der Waals surface area (Å²) in [5, 5.41) is 0.135. The summed E-state index contributed by atoms with van der Waals surface area (Å²) in [5.41, 5.74) is 0. The summed E-state index contributed by atoms with van der Waals surface area (Å²) in [7, 11) is 0. The molecule has 1 atom stereocenters. The maximum absolute atomic E-state index is 10.6. The van der Waals surface area contributed by atoms with Gasteiger partial charge in [-0.15, -0.1) is 11.6 Å². The molecule has 0 aromatic carbocycles. The van der Waals surface area contributed by atoms with Gasteiger partial charge in [-0.05, 0) is 12.8 Å². The normalized spacial score (nSPS) is 30.6. The third-order valence-corrected chi connectivity index (χ3v) is 1.79. The molecule has 1 unspecified atom stereocenters. The third-order valence-electron chi connectivity index (χ3n) is 1.42. The van der Waals surface area contributed by atoms with E-state index < -0.39 is 0 Å². The van der Waals surface area contributed by atoms with E-state index in [1.165, 1.54) is 0 Å². The number of carbonyl (C=O) groups is 1. The molecular formula is C6H9ClO. The second-order valence-electron chi connectivity index (χ2n) is 2.23. The van der Waals surface area contributed by atoms with E-state index in [0.717, 1.165) is 19.3 Å². The summed E-state index contributed by atoms with van der Waals surface area (Å²) >= 11 is 5.69. The Morgan fingerprint density at radius 1 is 1.62 bits per heavy atom. The maximum Gasteiger partial charge on any atom is 0.134 e. The lowest BCUT2D eigenvalue weighted by molar-refractivity contribution is -0.120. The van der Waals surface area contributed by atoms with Crippen LogP contribution in [0.3, 0.4) is 0 Å². The molecule has 2 heteroatoms. The molecule has 0 spiro atoms. The Labute approximate surface area is 54.0 Å². The van der Waals surface area contributed by atoms with Gasteiger partial charge in [0.1, 0.15) is 5.78 Å². The van der Waals surface area contributed by atoms with Gasteiger partial charge in [-0.25, -0.2) is 0 Å². The van der Waals surface area contributed by atoms with Crippen molar-refractivity contribution in [2.45, 2.75) is 31.1 Å². The molecule has 0 N–H and O–H groups in total. The van der Waals surface area contributed by atoms with Crippen LogP contribution in [0.1, 0.15) is 25.7 Å². The maximum atomic E-state index is 10.6. The first-order valence-electron chi connectivity index (χ1n) is 2.95. The van der Waals surface area contributed by atoms with Crippen LogP contribution in [0.4, 0.5) is 0 Å². The lowest BCUT2D eigenvalue weighted by Gasteiger charge is -2.12. The summed E-state index contributed by atoms with van der Waals surface area (Å²) in [4.78, 5) is 10.6. The van der Waals surface area contributed by atoms with E-state index in [9.17, 15) is 4.79 Å². The van der Waals surface area contributed by atoms with Crippen LogP contribution in [-0.4, -0.2) is 11.2 Å². The number of rotatable bonds is 0. The van der Waals surface area contributed by atoms with E-state index >= 15 is 0 Å². The Bertz CT molecular complexity index is 101. The number of carbonyl (C=O) groups excluding carboxylic acids is 1. The van der Waals surface area contributed by atoms with Crippen molar-refractivity contribution in [3.05, 3.63) is 0 Å². The second-order valence-corrected chi connectivity index (χ2v) is 2.85. The molecule has 1 aliphatic rings. The summed E-state index contributed by atoms with van der Waals surface area (Å²) in [5.74, 6) is 0.330. The average Bonchev–Trinajstić information content (AvgIpc) is 1.64. The van der Waals surface area contributed by atoms with Crippen molar-refractivity contribution in [3.63, 3.8) is 0 Å². The van der Waals surface area contributed by atoms with E-state index in [2.05, 4.69) is 0 Å². The van der Waals surface area contributed by atoms with Crippen LogP contribution < -0.4 is 0 Å². The average molecular weight is 133 g/mol. The zero-order chi connectivity index (χ0) is 5.98. The highest BCUT2D eigenvalue weighted by Gasteiger charge is 2.15. The van der Waals surface area contributed by atoms with Crippen molar-refractivity contribution in [2.75, 3.05) is 0 Å². The van der Waals surface area contributed by atoms with E-state index in [4.69, 9.17) is 11.6 Å². The topological polar surface area (TPSA) is 17.1 Å². The van der Waals surface area contributed by atoms with Crippen molar-refractivity contribution < 1.29 is 4.79 Å². The van der Waals surface area contributed by atoms with Gasteiger partial charge in [0.05, 0.1) is 0 Å². The first-order chi connectivity index (χ1) is 3.79. The van der Waals surface area contributed by atoms with Crippen molar-refractivity contribution >= 4 is 17.4 Å². The summed E-state index contributed by atoms with van der Waals surface area (Å²) in [6.07, 6.45) is 3.37. The summed E-state index contributed by atoms with van der Waals surface area (Å²) in [6, 6.07) is 0. The molecule has 0 bridgehead atoms. The van der Waals surface area contributed by atoms with Gasteiger partial charge in [0.25, 0.3) is 0 Å². The fraction of sp³-hybridized carbons (Fsp3) is 0.833. The van der Waals surface area contributed by atoms with Crippen LogP contribution in [0.25, 0.3) is 0 Å². The molecule has 1 rings (SSSR count). The number of Topliss-reactive ketones (excluding diaryl/α,β-unsaturated/α-hetero) is 1. The molecule has 1 saturated carbocycles. The number of ketones is 1. The molecule has 0 aliphatic heterocycles. The molecule has 0 heterocycles. The highest BCUT2D eigenvalue weighted by molar-refractivity contribution is 6.22. The minimum atomic E-state index is 0.135. The van der Waals surface area contributed by atoms with E-state index in [-0.39, 0.29) is 5.38 Å². The Morgan fingerprint density at radius 2 is 2.38 bits per heavy atom. The lowest BCUT2D eigenvalue weighted by Crippen LogP contribution is -2.13. The zero-order valence-corrected chi connectivity index (χ0v) is 5.45. The first-order valence-corrected chi connectivity index (χ1v) is 3.38. The van der Waals surface area contributed by atoms with Crippen LogP contribution in [0.2, 0.25) is 0 Å². The van der Waals surface area contributed by atoms with Crippen LogP contribution in [0, 0.1) is 0 Å². The fourth-order valence-electron chi connectivity index (χ4n) is 0.972. The van der Waals surface area contributed by atoms with Crippen LogP contribution >= 0.6 is 11.6 Å². The molecule has 0 amide bonds. The Morgan fingerprint density at radius 3 is 2.75 bits per heavy atom. The number of halogens is 1. The minimum absolute atomic E-state index is 0.135. The third kappa shape index (κ3) is 1.48. The van der Waals surface area contributed by atoms with Crippen LogP contribution in [0.15, 0.2) is 0 Å². The smallest absolute Gasteiger partial charge is 0.134 e. The van der Waals surface area contributed by atoms with Crippen molar-refractivity contribution in [1.82, 2.24) is 0 Å². The second kappa shape index (κ2) is 2.49. The molecule has 1 fully saturated rings. The minimum Gasteiger partial charge on any atom is -0.300 e. The molecule has 0 aromatic heterocycles. The van der Waals surface area contributed by atoms with Gasteiger partial charge >= 0.3 is 0 Å². The van der Waals surface area contributed by atoms with Crippen molar-refractivity contribution in [1.29, 1.82) is 0 Å². The van der Waals surface area contributed by atoms with Crippen LogP contribution in [-0.2, 0) is 4.79 Å². The quantitative estimate of drug-likeness (QED) is 0.459. The van der Waals surface area contributed by atoms with E-state index in [0.29, 0.717) is 12.2 Å². The highest BCUT2D eigenvalue weighted by atomic mass is 35.5. The fourth-order valence-corrected chi connectivity index (χ4v) is 1.30.